The molecule has 0 amide bonds. The monoisotopic (exact) mass is 337 g/mol. The van der Waals surface area contributed by atoms with Gasteiger partial charge in [0.25, 0.3) is 0 Å². The first-order valence-corrected chi connectivity index (χ1v) is 8.59. The van der Waals surface area contributed by atoms with Crippen molar-refractivity contribution in [3.8, 4) is 5.75 Å². The molecule has 0 heterocycles. The normalized spacial score (nSPS) is 12.0. The summed E-state index contributed by atoms with van der Waals surface area (Å²) in [5.74, 6) is 0.739. The fourth-order valence-corrected chi connectivity index (χ4v) is 3.70. The van der Waals surface area contributed by atoms with E-state index in [0.29, 0.717) is 0 Å². The van der Waals surface area contributed by atoms with Gasteiger partial charge in [-0.15, -0.1) is 0 Å². The predicted octanol–water partition coefficient (Wildman–Crippen LogP) is 1.13. The van der Waals surface area contributed by atoms with Crippen molar-refractivity contribution in [2.24, 2.45) is 0 Å². The Morgan fingerprint density at radius 3 is 2.08 bits per heavy atom. The summed E-state index contributed by atoms with van der Waals surface area (Å²) in [6.45, 7) is 7.89. The van der Waals surface area contributed by atoms with Crippen LogP contribution in [0.3, 0.4) is 0 Å². The molecule has 2 aromatic carbocycles. The number of ether oxygens (including phenoxy) is 2. The van der Waals surface area contributed by atoms with Gasteiger partial charge in [-0.3, -0.25) is 4.79 Å². The third-order valence-electron chi connectivity index (χ3n) is 3.65. The Hall–Kier alpha value is -1.10. The second-order valence-corrected chi connectivity index (χ2v) is 6.95. The first kappa shape index (κ1) is 20.9. The number of carbonyl (C=O) groups excluding carboxylic acids is 1. The molecule has 0 fully saturated rings. The van der Waals surface area contributed by atoms with Crippen LogP contribution in [0.15, 0.2) is 36.4 Å². The zero-order valence-corrected chi connectivity index (χ0v) is 16.3. The van der Waals surface area contributed by atoms with Crippen LogP contribution in [-0.4, -0.2) is 18.9 Å². The fraction of sp³-hybridized carbons (Fsp3) is 0.316. The van der Waals surface area contributed by atoms with Crippen LogP contribution in [0.1, 0.15) is 34.0 Å². The van der Waals surface area contributed by atoms with Crippen molar-refractivity contribution < 1.29 is 33.1 Å². The average molecular weight is 337 g/mol. The summed E-state index contributed by atoms with van der Waals surface area (Å²) >= 11 is 0. The number of carbonyl (C=O) groups is 1. The minimum absolute atomic E-state index is 0. The molecule has 2 unspecified atom stereocenters. The van der Waals surface area contributed by atoms with Crippen molar-refractivity contribution in [1.82, 2.24) is 0 Å². The van der Waals surface area contributed by atoms with E-state index >= 15 is 0 Å². The molecule has 122 valence electrons. The molecule has 0 N–H and O–H groups in total. The molecule has 0 radical (unpaired) electrons. The van der Waals surface area contributed by atoms with E-state index in [1.165, 1.54) is 5.56 Å². The van der Waals surface area contributed by atoms with Crippen molar-refractivity contribution >= 4 is 19.4 Å². The van der Waals surface area contributed by atoms with Crippen LogP contribution in [0.4, 0.5) is 0 Å². The summed E-state index contributed by atoms with van der Waals surface area (Å²) in [4.78, 5) is 12.6. The molecule has 2 rings (SSSR count). The van der Waals surface area contributed by atoms with Crippen molar-refractivity contribution in [2.75, 3.05) is 7.11 Å². The van der Waals surface area contributed by atoms with E-state index in [1.54, 1.807) is 7.11 Å². The van der Waals surface area contributed by atoms with Gasteiger partial charge in [0, 0.05) is 12.7 Å². The molecule has 5 heteroatoms. The molecule has 24 heavy (non-hydrogen) atoms. The van der Waals surface area contributed by atoms with Gasteiger partial charge in [0.15, 0.2) is 11.8 Å². The van der Waals surface area contributed by atoms with Crippen LogP contribution >= 0.6 is 8.58 Å². The Kier molecular flexibility index (Phi) is 8.20. The maximum atomic E-state index is 12.6. The Morgan fingerprint density at radius 1 is 1.04 bits per heavy atom. The summed E-state index contributed by atoms with van der Waals surface area (Å²) in [7, 11) is 1.71. The molecule has 0 spiro atoms. The SMILES string of the molecule is COC(C)Oc1ccc(PC(=O)c2c(C)cc(C)cc2C)cc1.[Li+]. The van der Waals surface area contributed by atoms with E-state index in [-0.39, 0.29) is 39.3 Å². The van der Waals surface area contributed by atoms with Crippen LogP contribution < -0.4 is 28.9 Å². The van der Waals surface area contributed by atoms with E-state index in [4.69, 9.17) is 9.47 Å². The molecular weight excluding hydrogens is 314 g/mol. The molecule has 3 nitrogen and oxygen atoms in total. The summed E-state index contributed by atoms with van der Waals surface area (Å²) in [5.41, 5.74) is 4.32. The zero-order chi connectivity index (χ0) is 17.0. The zero-order valence-electron chi connectivity index (χ0n) is 15.3. The predicted molar refractivity (Wildman–Crippen MR) is 96.5 cm³/mol. The van der Waals surface area contributed by atoms with Gasteiger partial charge in [-0.2, -0.15) is 0 Å². The van der Waals surface area contributed by atoms with Crippen LogP contribution in [0.2, 0.25) is 0 Å². The van der Waals surface area contributed by atoms with Crippen LogP contribution in [0, 0.1) is 20.8 Å². The summed E-state index contributed by atoms with van der Waals surface area (Å²) in [6, 6.07) is 11.8. The molecule has 0 aliphatic carbocycles. The van der Waals surface area contributed by atoms with Gasteiger partial charge >= 0.3 is 18.9 Å². The average Bonchev–Trinajstić information content (AvgIpc) is 2.48. The van der Waals surface area contributed by atoms with E-state index < -0.39 is 0 Å². The second-order valence-electron chi connectivity index (χ2n) is 5.67. The third-order valence-corrected chi connectivity index (χ3v) is 4.75. The third kappa shape index (κ3) is 5.47. The maximum absolute atomic E-state index is 12.6. The fourth-order valence-electron chi connectivity index (χ4n) is 2.59. The van der Waals surface area contributed by atoms with Crippen LogP contribution in [0.25, 0.3) is 0 Å². The number of methoxy groups -OCH3 is 1. The number of benzene rings is 2. The largest absolute Gasteiger partial charge is 1.00 e. The van der Waals surface area contributed by atoms with E-state index in [9.17, 15) is 4.79 Å². The quantitative estimate of drug-likeness (QED) is 0.450. The van der Waals surface area contributed by atoms with Gasteiger partial charge in [0.1, 0.15) is 5.75 Å². The van der Waals surface area contributed by atoms with Gasteiger partial charge in [-0.05, 0) is 64.8 Å². The Morgan fingerprint density at radius 2 is 1.58 bits per heavy atom. The molecule has 0 bridgehead atoms. The maximum Gasteiger partial charge on any atom is 1.00 e. The Balaban J connectivity index is 0.00000288. The Labute approximate surface area is 158 Å². The smallest absolute Gasteiger partial charge is 0.465 e. The molecule has 0 saturated carbocycles. The van der Waals surface area contributed by atoms with E-state index in [1.807, 2.05) is 45.0 Å². The van der Waals surface area contributed by atoms with Crippen molar-refractivity contribution in [2.45, 2.75) is 34.0 Å². The molecule has 0 aliphatic rings. The number of rotatable bonds is 6. The van der Waals surface area contributed by atoms with Crippen molar-refractivity contribution in [1.29, 1.82) is 0 Å². The molecule has 2 atom stereocenters. The van der Waals surface area contributed by atoms with Crippen molar-refractivity contribution in [3.63, 3.8) is 0 Å². The van der Waals surface area contributed by atoms with Gasteiger partial charge in [0.2, 0.25) is 0 Å². The second kappa shape index (κ2) is 9.40. The summed E-state index contributed by atoms with van der Waals surface area (Å²) in [6.07, 6.45) is -0.289. The van der Waals surface area contributed by atoms with E-state index in [2.05, 4.69) is 19.1 Å². The first-order valence-electron chi connectivity index (χ1n) is 7.59. The van der Waals surface area contributed by atoms with Crippen molar-refractivity contribution in [3.05, 3.63) is 58.7 Å². The summed E-state index contributed by atoms with van der Waals surface area (Å²) in [5, 5.41) is 1.01. The van der Waals surface area contributed by atoms with Gasteiger partial charge in [-0.1, -0.05) is 29.8 Å². The summed E-state index contributed by atoms with van der Waals surface area (Å²) < 4.78 is 10.6. The molecule has 0 aliphatic heterocycles. The molecule has 0 saturated heterocycles. The number of hydrogen-bond acceptors (Lipinski definition) is 3. The van der Waals surface area contributed by atoms with Crippen LogP contribution in [-0.2, 0) is 4.74 Å². The minimum Gasteiger partial charge on any atom is -0.465 e. The molecule has 2 aromatic rings. The van der Waals surface area contributed by atoms with Crippen LogP contribution in [0.5, 0.6) is 5.75 Å². The number of aryl methyl sites for hydroxylation is 3. The standard InChI is InChI=1S/C19H23O3P.Li/c1-12-10-13(2)18(14(3)11-12)19(20)23-17-8-6-16(7-9-17)22-15(4)21-5;/h6-11,15,23H,1-5H3;/q;+1. The van der Waals surface area contributed by atoms with Gasteiger partial charge in [0.05, 0.1) is 0 Å². The van der Waals surface area contributed by atoms with E-state index in [0.717, 1.165) is 27.7 Å². The van der Waals surface area contributed by atoms with Gasteiger partial charge in [-0.25, -0.2) is 0 Å². The molecule has 0 aromatic heterocycles. The number of hydrogen-bond donors (Lipinski definition) is 0. The topological polar surface area (TPSA) is 35.5 Å². The minimum atomic E-state index is -0.289. The first-order chi connectivity index (χ1) is 10.9. The van der Waals surface area contributed by atoms with Gasteiger partial charge < -0.3 is 9.47 Å². The Bertz CT molecular complexity index is 675. The molecular formula is C19H23LiO3P+.